The topological polar surface area (TPSA) is 58.2 Å². The van der Waals surface area contributed by atoms with E-state index in [-0.39, 0.29) is 0 Å². The van der Waals surface area contributed by atoms with Gasteiger partial charge in [-0.1, -0.05) is 31.2 Å². The molecule has 0 heterocycles. The fourth-order valence-corrected chi connectivity index (χ4v) is 2.16. The first kappa shape index (κ1) is 16.6. The number of hydrogen-bond acceptors (Lipinski definition) is 2. The van der Waals surface area contributed by atoms with Gasteiger partial charge in [0.15, 0.2) is 0 Å². The van der Waals surface area contributed by atoms with E-state index in [1.807, 2.05) is 24.4 Å². The molecule has 0 aliphatic rings. The molecule has 0 aliphatic heterocycles. The van der Waals surface area contributed by atoms with Crippen LogP contribution in [-0.2, 0) is 16.0 Å². The Kier molecular flexibility index (Phi) is 5.05. The number of benzene rings is 2. The average Bonchev–Trinajstić information content (AvgIpc) is 2.52. The van der Waals surface area contributed by atoms with E-state index in [1.54, 1.807) is 13.0 Å². The van der Waals surface area contributed by atoms with Crippen molar-refractivity contribution in [3.05, 3.63) is 59.2 Å². The highest BCUT2D eigenvalue weighted by molar-refractivity contribution is 6.43. The van der Waals surface area contributed by atoms with Gasteiger partial charge in [-0.3, -0.25) is 9.59 Å². The van der Waals surface area contributed by atoms with Gasteiger partial charge >= 0.3 is 11.8 Å². The Labute approximate surface area is 132 Å². The van der Waals surface area contributed by atoms with Crippen LogP contribution in [0.15, 0.2) is 36.4 Å². The molecule has 0 radical (unpaired) electrons. The van der Waals surface area contributed by atoms with E-state index in [2.05, 4.69) is 5.32 Å². The van der Waals surface area contributed by atoms with E-state index in [0.29, 0.717) is 12.1 Å². The van der Waals surface area contributed by atoms with Crippen LogP contribution in [0, 0.1) is 18.6 Å². The van der Waals surface area contributed by atoms with E-state index in [0.717, 1.165) is 23.3 Å². The lowest BCUT2D eigenvalue weighted by molar-refractivity contribution is -0.133. The third kappa shape index (κ3) is 3.71. The summed E-state index contributed by atoms with van der Waals surface area (Å²) in [4.78, 5) is 23.9. The molecule has 6 heteroatoms. The van der Waals surface area contributed by atoms with Gasteiger partial charge in [0.05, 0.1) is 0 Å². The minimum Gasteiger partial charge on any atom is -0.317 e. The highest BCUT2D eigenvalue weighted by Gasteiger charge is 2.19. The first-order chi connectivity index (χ1) is 10.9. The smallest absolute Gasteiger partial charge is 0.314 e. The van der Waals surface area contributed by atoms with Crippen LogP contribution in [0.2, 0.25) is 0 Å². The molecule has 0 unspecified atom stereocenters. The van der Waals surface area contributed by atoms with Crippen molar-refractivity contribution in [3.63, 3.8) is 0 Å². The molecule has 4 nitrogen and oxygen atoms in total. The predicted octanol–water partition coefficient (Wildman–Crippen LogP) is 3.41. The average molecular weight is 318 g/mol. The Hall–Kier alpha value is -2.76. The van der Waals surface area contributed by atoms with E-state index in [4.69, 9.17) is 0 Å². The molecule has 2 N–H and O–H groups in total. The Bertz CT molecular complexity index is 740. The Morgan fingerprint density at radius 1 is 0.913 bits per heavy atom. The summed E-state index contributed by atoms with van der Waals surface area (Å²) < 4.78 is 27.0. The first-order valence-corrected chi connectivity index (χ1v) is 7.08. The molecule has 0 aliphatic carbocycles. The molecular formula is C17H16F2N2O2. The number of para-hydroxylation sites is 2. The van der Waals surface area contributed by atoms with Gasteiger partial charge in [-0.15, -0.1) is 0 Å². The normalized spacial score (nSPS) is 10.3. The van der Waals surface area contributed by atoms with Gasteiger partial charge in [0, 0.05) is 5.69 Å². The fourth-order valence-electron chi connectivity index (χ4n) is 2.16. The molecule has 0 saturated carbocycles. The summed E-state index contributed by atoms with van der Waals surface area (Å²) >= 11 is 0. The van der Waals surface area contributed by atoms with Crippen molar-refractivity contribution in [1.82, 2.24) is 0 Å². The van der Waals surface area contributed by atoms with Crippen LogP contribution in [0.1, 0.15) is 18.1 Å². The van der Waals surface area contributed by atoms with Crippen LogP contribution in [0.25, 0.3) is 0 Å². The van der Waals surface area contributed by atoms with Crippen LogP contribution >= 0.6 is 0 Å². The molecule has 2 rings (SSSR count). The van der Waals surface area contributed by atoms with E-state index in [9.17, 15) is 18.4 Å². The number of hydrogen-bond donors (Lipinski definition) is 2. The van der Waals surface area contributed by atoms with Crippen molar-refractivity contribution in [2.75, 3.05) is 10.6 Å². The van der Waals surface area contributed by atoms with Crippen molar-refractivity contribution >= 4 is 23.2 Å². The minimum atomic E-state index is -1.14. The minimum absolute atomic E-state index is 0.532. The second kappa shape index (κ2) is 7.00. The second-order valence-electron chi connectivity index (χ2n) is 4.97. The number of carbonyl (C=O) groups is 2. The van der Waals surface area contributed by atoms with Crippen molar-refractivity contribution in [3.8, 4) is 0 Å². The maximum absolute atomic E-state index is 13.5. The maximum Gasteiger partial charge on any atom is 0.314 e. The van der Waals surface area contributed by atoms with Crippen LogP contribution < -0.4 is 10.6 Å². The number of rotatable bonds is 3. The molecule has 120 valence electrons. The number of amides is 2. The van der Waals surface area contributed by atoms with Crippen molar-refractivity contribution in [2.45, 2.75) is 20.3 Å². The van der Waals surface area contributed by atoms with Gasteiger partial charge in [-0.05, 0) is 36.6 Å². The summed E-state index contributed by atoms with van der Waals surface area (Å²) in [6.07, 6.45) is 0.668. The third-order valence-electron chi connectivity index (χ3n) is 3.39. The first-order valence-electron chi connectivity index (χ1n) is 7.08. The third-order valence-corrected chi connectivity index (χ3v) is 3.39. The highest BCUT2D eigenvalue weighted by Crippen LogP contribution is 2.22. The van der Waals surface area contributed by atoms with Gasteiger partial charge < -0.3 is 10.6 Å². The largest absolute Gasteiger partial charge is 0.317 e. The van der Waals surface area contributed by atoms with Crippen LogP contribution in [0.5, 0.6) is 0 Å². The van der Waals surface area contributed by atoms with Gasteiger partial charge in [0.2, 0.25) is 0 Å². The lowest BCUT2D eigenvalue weighted by Gasteiger charge is -2.13. The molecular weight excluding hydrogens is 302 g/mol. The highest BCUT2D eigenvalue weighted by atomic mass is 19.1. The van der Waals surface area contributed by atoms with Crippen molar-refractivity contribution in [1.29, 1.82) is 0 Å². The molecule has 2 aromatic rings. The van der Waals surface area contributed by atoms with Crippen LogP contribution in [-0.4, -0.2) is 11.8 Å². The number of nitrogens with one attached hydrogen (secondary N) is 2. The zero-order valence-electron chi connectivity index (χ0n) is 12.7. The molecule has 0 saturated heterocycles. The molecule has 0 atom stereocenters. The predicted molar refractivity (Wildman–Crippen MR) is 84.2 cm³/mol. The Morgan fingerprint density at radius 2 is 1.43 bits per heavy atom. The van der Waals surface area contributed by atoms with E-state index < -0.39 is 29.1 Å². The van der Waals surface area contributed by atoms with Gasteiger partial charge in [0.25, 0.3) is 0 Å². The monoisotopic (exact) mass is 318 g/mol. The van der Waals surface area contributed by atoms with E-state index in [1.165, 1.54) is 6.07 Å². The van der Waals surface area contributed by atoms with E-state index >= 15 is 0 Å². The lowest BCUT2D eigenvalue weighted by atomic mass is 10.1. The Morgan fingerprint density at radius 3 is 2.00 bits per heavy atom. The lowest BCUT2D eigenvalue weighted by Crippen LogP contribution is -2.30. The summed E-state index contributed by atoms with van der Waals surface area (Å²) in [5, 5.41) is 4.45. The summed E-state index contributed by atoms with van der Waals surface area (Å²) in [6, 6.07) is 8.63. The van der Waals surface area contributed by atoms with Crippen molar-refractivity contribution < 1.29 is 18.4 Å². The molecule has 23 heavy (non-hydrogen) atoms. The number of halogens is 2. The fraction of sp³-hybridized carbons (Fsp3) is 0.176. The molecule has 0 spiro atoms. The van der Waals surface area contributed by atoms with Crippen LogP contribution in [0.3, 0.4) is 0 Å². The summed E-state index contributed by atoms with van der Waals surface area (Å²) in [6.45, 7) is 3.71. The SMILES string of the molecule is CCc1cccc(C)c1NC(=O)C(=O)Nc1c(F)cccc1F. The summed E-state index contributed by atoms with van der Waals surface area (Å²) in [5.41, 5.74) is 1.54. The second-order valence-corrected chi connectivity index (χ2v) is 4.97. The maximum atomic E-state index is 13.5. The molecule has 2 amide bonds. The van der Waals surface area contributed by atoms with Crippen molar-refractivity contribution in [2.24, 2.45) is 0 Å². The van der Waals surface area contributed by atoms with Gasteiger partial charge in [-0.25, -0.2) is 8.78 Å². The van der Waals surface area contributed by atoms with Crippen LogP contribution in [0.4, 0.5) is 20.2 Å². The number of carbonyl (C=O) groups excluding carboxylic acids is 2. The number of anilines is 2. The number of aryl methyl sites for hydroxylation is 2. The molecule has 0 aromatic heterocycles. The summed E-state index contributed by atoms with van der Waals surface area (Å²) in [7, 11) is 0. The quantitative estimate of drug-likeness (QED) is 0.852. The molecule has 0 bridgehead atoms. The Balaban J connectivity index is 2.17. The molecule has 0 fully saturated rings. The van der Waals surface area contributed by atoms with Gasteiger partial charge in [0.1, 0.15) is 17.3 Å². The standard InChI is InChI=1S/C17H16F2N2O2/c1-3-11-7-4-6-10(2)14(11)20-16(22)17(23)21-15-12(18)8-5-9-13(15)19/h4-9H,3H2,1-2H3,(H,20,22)(H,21,23). The molecule has 2 aromatic carbocycles. The zero-order chi connectivity index (χ0) is 17.0. The van der Waals surface area contributed by atoms with Gasteiger partial charge in [-0.2, -0.15) is 0 Å². The summed E-state index contributed by atoms with van der Waals surface area (Å²) in [5.74, 6) is -4.02. The zero-order valence-corrected chi connectivity index (χ0v) is 12.7.